The quantitative estimate of drug-likeness (QED) is 0.758. The van der Waals surface area contributed by atoms with Crippen LogP contribution in [0.1, 0.15) is 17.8 Å². The van der Waals surface area contributed by atoms with Gasteiger partial charge in [0.05, 0.1) is 17.6 Å². The van der Waals surface area contributed by atoms with Gasteiger partial charge in [0.25, 0.3) is 16.0 Å². The maximum Gasteiger partial charge on any atom is 0.267 e. The zero-order valence-corrected chi connectivity index (χ0v) is 12.6. The average Bonchev–Trinajstić information content (AvgIpc) is 2.90. The lowest BCUT2D eigenvalue weighted by Crippen LogP contribution is -2.16. The van der Waals surface area contributed by atoms with Gasteiger partial charge in [-0.25, -0.2) is 18.1 Å². The van der Waals surface area contributed by atoms with Crippen LogP contribution in [0.5, 0.6) is 0 Å². The topological polar surface area (TPSA) is 129 Å². The molecule has 0 aromatic carbocycles. The summed E-state index contributed by atoms with van der Waals surface area (Å²) in [6.45, 7) is 4.55. The highest BCUT2D eigenvalue weighted by Crippen LogP contribution is 2.12. The van der Waals surface area contributed by atoms with Crippen LogP contribution in [0.15, 0.2) is 17.3 Å². The van der Waals surface area contributed by atoms with Crippen LogP contribution in [0.4, 0.5) is 5.95 Å². The molecule has 0 fully saturated rings. The lowest BCUT2D eigenvalue weighted by Gasteiger charge is -2.05. The van der Waals surface area contributed by atoms with E-state index in [1.807, 2.05) is 0 Å². The molecule has 0 amide bonds. The molecule has 0 saturated heterocycles. The van der Waals surface area contributed by atoms with E-state index in [1.165, 1.54) is 17.1 Å². The van der Waals surface area contributed by atoms with Crippen molar-refractivity contribution in [2.45, 2.75) is 31.7 Å². The second kappa shape index (κ2) is 6.14. The Bertz CT molecular complexity index is 726. The number of nitrogens with zero attached hydrogens (tertiary/aromatic N) is 5. The standard InChI is InChI=1S/C11H17N7O2S/c1-8-9(2)15-16-11(14-8)17-21(19,20)10-6-13-18(7-10)5-3-4-12/h6-7H,3-5,12H2,1-2H3,(H,14,16,17). The fourth-order valence-corrected chi connectivity index (χ4v) is 2.43. The Labute approximate surface area is 122 Å². The predicted octanol–water partition coefficient (Wildman–Crippen LogP) is -0.165. The van der Waals surface area contributed by atoms with E-state index in [0.29, 0.717) is 24.5 Å². The van der Waals surface area contributed by atoms with Crippen LogP contribution in [0.2, 0.25) is 0 Å². The molecule has 3 N–H and O–H groups in total. The average molecular weight is 311 g/mol. The van der Waals surface area contributed by atoms with Crippen LogP contribution < -0.4 is 10.5 Å². The minimum Gasteiger partial charge on any atom is -0.330 e. The Morgan fingerprint density at radius 1 is 1.29 bits per heavy atom. The van der Waals surface area contributed by atoms with Crippen molar-refractivity contribution in [3.05, 3.63) is 23.8 Å². The van der Waals surface area contributed by atoms with Gasteiger partial charge in [-0.15, -0.1) is 5.10 Å². The third-order valence-electron chi connectivity index (χ3n) is 2.83. The zero-order chi connectivity index (χ0) is 15.5. The predicted molar refractivity (Wildman–Crippen MR) is 76.0 cm³/mol. The molecule has 0 aliphatic heterocycles. The molecule has 2 heterocycles. The monoisotopic (exact) mass is 311 g/mol. The highest BCUT2D eigenvalue weighted by atomic mass is 32.2. The van der Waals surface area contributed by atoms with Crippen molar-refractivity contribution in [1.29, 1.82) is 0 Å². The van der Waals surface area contributed by atoms with E-state index in [2.05, 4.69) is 25.0 Å². The van der Waals surface area contributed by atoms with E-state index in [0.717, 1.165) is 6.42 Å². The molecule has 0 bridgehead atoms. The number of rotatable bonds is 6. The molecule has 0 atom stereocenters. The summed E-state index contributed by atoms with van der Waals surface area (Å²) in [5.41, 5.74) is 6.66. The molecular weight excluding hydrogens is 294 g/mol. The summed E-state index contributed by atoms with van der Waals surface area (Å²) in [4.78, 5) is 4.08. The Morgan fingerprint density at radius 3 is 2.71 bits per heavy atom. The van der Waals surface area contributed by atoms with Crippen molar-refractivity contribution in [2.75, 3.05) is 11.3 Å². The molecule has 2 aromatic rings. The Hall–Kier alpha value is -2.07. The van der Waals surface area contributed by atoms with Crippen LogP contribution in [0.3, 0.4) is 0 Å². The molecule has 10 heteroatoms. The fourth-order valence-electron chi connectivity index (χ4n) is 1.54. The van der Waals surface area contributed by atoms with E-state index in [1.54, 1.807) is 13.8 Å². The number of hydrogen-bond acceptors (Lipinski definition) is 7. The summed E-state index contributed by atoms with van der Waals surface area (Å²) < 4.78 is 28.2. The van der Waals surface area contributed by atoms with E-state index in [-0.39, 0.29) is 10.8 Å². The number of aromatic nitrogens is 5. The van der Waals surface area contributed by atoms with Crippen molar-refractivity contribution in [1.82, 2.24) is 25.0 Å². The summed E-state index contributed by atoms with van der Waals surface area (Å²) >= 11 is 0. The molecule has 0 saturated carbocycles. The normalized spacial score (nSPS) is 11.6. The maximum atomic E-state index is 12.2. The Morgan fingerprint density at radius 2 is 2.05 bits per heavy atom. The lowest BCUT2D eigenvalue weighted by atomic mass is 10.4. The van der Waals surface area contributed by atoms with Gasteiger partial charge in [-0.3, -0.25) is 4.68 Å². The molecule has 0 aliphatic rings. The first-order valence-corrected chi connectivity index (χ1v) is 7.84. The first kappa shape index (κ1) is 15.3. The van der Waals surface area contributed by atoms with Gasteiger partial charge in [-0.05, 0) is 26.8 Å². The van der Waals surface area contributed by atoms with Crippen molar-refractivity contribution in [3.8, 4) is 0 Å². The zero-order valence-electron chi connectivity index (χ0n) is 11.8. The van der Waals surface area contributed by atoms with Crippen LogP contribution in [-0.2, 0) is 16.6 Å². The maximum absolute atomic E-state index is 12.2. The minimum absolute atomic E-state index is 0.0429. The van der Waals surface area contributed by atoms with Gasteiger partial charge in [-0.2, -0.15) is 10.2 Å². The first-order chi connectivity index (χ1) is 9.92. The molecule has 0 radical (unpaired) electrons. The van der Waals surface area contributed by atoms with Crippen molar-refractivity contribution < 1.29 is 8.42 Å². The molecule has 9 nitrogen and oxygen atoms in total. The van der Waals surface area contributed by atoms with Gasteiger partial charge in [-0.1, -0.05) is 0 Å². The third-order valence-corrected chi connectivity index (χ3v) is 4.11. The van der Waals surface area contributed by atoms with Crippen LogP contribution >= 0.6 is 0 Å². The van der Waals surface area contributed by atoms with E-state index in [4.69, 9.17) is 5.73 Å². The molecule has 21 heavy (non-hydrogen) atoms. The number of sulfonamides is 1. The number of nitrogens with one attached hydrogen (secondary N) is 1. The van der Waals surface area contributed by atoms with Crippen LogP contribution in [-0.4, -0.2) is 39.9 Å². The molecule has 0 unspecified atom stereocenters. The summed E-state index contributed by atoms with van der Waals surface area (Å²) in [6.07, 6.45) is 3.43. The van der Waals surface area contributed by atoms with E-state index in [9.17, 15) is 8.42 Å². The van der Waals surface area contributed by atoms with Crippen molar-refractivity contribution >= 4 is 16.0 Å². The Balaban J connectivity index is 2.17. The molecule has 114 valence electrons. The molecule has 0 aliphatic carbocycles. The van der Waals surface area contributed by atoms with Crippen molar-refractivity contribution in [3.63, 3.8) is 0 Å². The minimum atomic E-state index is -3.78. The fraction of sp³-hybridized carbons (Fsp3) is 0.455. The molecular formula is C11H17N7O2S. The SMILES string of the molecule is Cc1nnc(NS(=O)(=O)c2cnn(CCCN)c2)nc1C. The molecule has 0 spiro atoms. The Kier molecular flexibility index (Phi) is 4.48. The highest BCUT2D eigenvalue weighted by Gasteiger charge is 2.18. The van der Waals surface area contributed by atoms with Gasteiger partial charge in [0.1, 0.15) is 4.90 Å². The number of nitrogens with two attached hydrogens (primary N) is 1. The summed E-state index contributed by atoms with van der Waals surface area (Å²) in [7, 11) is -3.78. The van der Waals surface area contributed by atoms with Crippen LogP contribution in [0.25, 0.3) is 0 Å². The number of hydrogen-bond donors (Lipinski definition) is 2. The highest BCUT2D eigenvalue weighted by molar-refractivity contribution is 7.92. The number of aryl methyl sites for hydroxylation is 3. The molecule has 2 rings (SSSR count). The van der Waals surface area contributed by atoms with E-state index < -0.39 is 10.0 Å². The van der Waals surface area contributed by atoms with Gasteiger partial charge in [0.2, 0.25) is 0 Å². The van der Waals surface area contributed by atoms with Crippen LogP contribution in [0, 0.1) is 13.8 Å². The van der Waals surface area contributed by atoms with Crippen molar-refractivity contribution in [2.24, 2.45) is 5.73 Å². The summed E-state index contributed by atoms with van der Waals surface area (Å²) in [5, 5.41) is 11.5. The second-order valence-corrected chi connectivity index (χ2v) is 6.18. The third kappa shape index (κ3) is 3.73. The van der Waals surface area contributed by atoms with Gasteiger partial charge >= 0.3 is 0 Å². The largest absolute Gasteiger partial charge is 0.330 e. The summed E-state index contributed by atoms with van der Waals surface area (Å²) in [6, 6.07) is 0. The van der Waals surface area contributed by atoms with Gasteiger partial charge in [0, 0.05) is 12.7 Å². The summed E-state index contributed by atoms with van der Waals surface area (Å²) in [5.74, 6) is -0.0622. The lowest BCUT2D eigenvalue weighted by molar-refractivity contribution is 0.582. The van der Waals surface area contributed by atoms with Gasteiger partial charge in [0.15, 0.2) is 0 Å². The first-order valence-electron chi connectivity index (χ1n) is 6.35. The number of anilines is 1. The second-order valence-electron chi connectivity index (χ2n) is 4.49. The van der Waals surface area contributed by atoms with E-state index >= 15 is 0 Å². The smallest absolute Gasteiger partial charge is 0.267 e. The molecule has 2 aromatic heterocycles. The van der Waals surface area contributed by atoms with Gasteiger partial charge < -0.3 is 5.73 Å².